The van der Waals surface area contributed by atoms with Gasteiger partial charge in [-0.1, -0.05) is 18.2 Å². The molecule has 0 unspecified atom stereocenters. The lowest BCUT2D eigenvalue weighted by atomic mass is 10.1. The summed E-state index contributed by atoms with van der Waals surface area (Å²) in [6, 6.07) is 10.2. The number of nitrogens with one attached hydrogen (secondary N) is 1. The van der Waals surface area contributed by atoms with E-state index in [1.165, 1.54) is 15.6 Å². The molecule has 2 aromatic heterocycles. The Hall–Kier alpha value is -1.72. The maximum atomic E-state index is 12.2. The van der Waals surface area contributed by atoms with Crippen LogP contribution in [0.25, 0.3) is 10.1 Å². The minimum Gasteiger partial charge on any atom is -0.349 e. The number of rotatable bonds is 4. The Bertz CT molecular complexity index is 815. The van der Waals surface area contributed by atoms with E-state index in [-0.39, 0.29) is 11.9 Å². The zero-order valence-electron chi connectivity index (χ0n) is 12.0. The number of nitrogens with zero attached hydrogens (tertiary/aromatic N) is 1. The van der Waals surface area contributed by atoms with Crippen molar-refractivity contribution in [1.82, 2.24) is 10.3 Å². The van der Waals surface area contributed by atoms with Crippen molar-refractivity contribution in [3.05, 3.63) is 63.7 Å². The molecule has 5 heteroatoms. The number of hydrogen-bond acceptors (Lipinski definition) is 3. The van der Waals surface area contributed by atoms with Crippen LogP contribution in [0, 0.1) is 0 Å². The largest absolute Gasteiger partial charge is 0.349 e. The lowest BCUT2D eigenvalue weighted by molar-refractivity contribution is 0.0939. The third-order valence-electron chi connectivity index (χ3n) is 3.43. The molecule has 3 rings (SSSR count). The number of amides is 1. The molecular weight excluding hydrogens is 360 g/mol. The first kappa shape index (κ1) is 15.2. The lowest BCUT2D eigenvalue weighted by Gasteiger charge is -2.13. The number of thiophene rings is 1. The first-order valence-electron chi connectivity index (χ1n) is 7.00. The lowest BCUT2D eigenvalue weighted by Crippen LogP contribution is -2.34. The molecule has 0 aliphatic heterocycles. The Morgan fingerprint density at radius 1 is 1.36 bits per heavy atom. The molecule has 3 aromatic rings. The minimum atomic E-state index is -0.0964. The van der Waals surface area contributed by atoms with Gasteiger partial charge >= 0.3 is 0 Å². The molecule has 2 heterocycles. The van der Waals surface area contributed by atoms with Crippen LogP contribution in [0.15, 0.2) is 52.6 Å². The fourth-order valence-electron chi connectivity index (χ4n) is 2.41. The summed E-state index contributed by atoms with van der Waals surface area (Å²) in [5.41, 5.74) is 1.84. The quantitative estimate of drug-likeness (QED) is 0.734. The van der Waals surface area contributed by atoms with Crippen LogP contribution in [-0.4, -0.2) is 16.9 Å². The molecule has 22 heavy (non-hydrogen) atoms. The van der Waals surface area contributed by atoms with Gasteiger partial charge in [0.05, 0.1) is 5.56 Å². The van der Waals surface area contributed by atoms with Gasteiger partial charge in [0.25, 0.3) is 5.91 Å². The van der Waals surface area contributed by atoms with Crippen LogP contribution in [0.3, 0.4) is 0 Å². The second kappa shape index (κ2) is 6.58. The van der Waals surface area contributed by atoms with E-state index in [0.717, 1.165) is 10.9 Å². The second-order valence-electron chi connectivity index (χ2n) is 5.23. The fraction of sp³-hybridized carbons (Fsp3) is 0.176. The third kappa shape index (κ3) is 3.36. The zero-order valence-corrected chi connectivity index (χ0v) is 14.4. The smallest absolute Gasteiger partial charge is 0.253 e. The van der Waals surface area contributed by atoms with Gasteiger partial charge in [0.1, 0.15) is 0 Å². The topological polar surface area (TPSA) is 42.0 Å². The van der Waals surface area contributed by atoms with Crippen molar-refractivity contribution in [3.63, 3.8) is 0 Å². The average molecular weight is 375 g/mol. The summed E-state index contributed by atoms with van der Waals surface area (Å²) < 4.78 is 2.09. The van der Waals surface area contributed by atoms with Crippen molar-refractivity contribution in [2.75, 3.05) is 0 Å². The highest BCUT2D eigenvalue weighted by atomic mass is 79.9. The molecular formula is C17H15BrN2OS. The molecule has 1 N–H and O–H groups in total. The van der Waals surface area contributed by atoms with E-state index < -0.39 is 0 Å². The van der Waals surface area contributed by atoms with Crippen LogP contribution in [-0.2, 0) is 6.42 Å². The highest BCUT2D eigenvalue weighted by Gasteiger charge is 2.13. The van der Waals surface area contributed by atoms with E-state index in [1.54, 1.807) is 29.8 Å². The van der Waals surface area contributed by atoms with Crippen LogP contribution in [0.5, 0.6) is 0 Å². The first-order chi connectivity index (χ1) is 10.6. The Kier molecular flexibility index (Phi) is 4.55. The van der Waals surface area contributed by atoms with Crippen molar-refractivity contribution < 1.29 is 4.79 Å². The summed E-state index contributed by atoms with van der Waals surface area (Å²) in [5, 5.41) is 6.48. The maximum Gasteiger partial charge on any atom is 0.253 e. The highest BCUT2D eigenvalue weighted by molar-refractivity contribution is 9.10. The number of halogens is 1. The van der Waals surface area contributed by atoms with E-state index in [2.05, 4.69) is 49.8 Å². The second-order valence-corrected chi connectivity index (χ2v) is 7.05. The predicted octanol–water partition coefficient (Wildman–Crippen LogP) is 4.42. The van der Waals surface area contributed by atoms with Crippen molar-refractivity contribution in [3.8, 4) is 0 Å². The number of benzene rings is 1. The number of pyridine rings is 1. The summed E-state index contributed by atoms with van der Waals surface area (Å²) in [6.45, 7) is 2.02. The predicted molar refractivity (Wildman–Crippen MR) is 94.4 cm³/mol. The Morgan fingerprint density at radius 3 is 3.00 bits per heavy atom. The molecule has 1 amide bonds. The van der Waals surface area contributed by atoms with Gasteiger partial charge in [0, 0.05) is 27.6 Å². The monoisotopic (exact) mass is 374 g/mol. The molecule has 0 bridgehead atoms. The van der Waals surface area contributed by atoms with Crippen molar-refractivity contribution in [2.45, 2.75) is 19.4 Å². The van der Waals surface area contributed by atoms with Gasteiger partial charge in [-0.25, -0.2) is 0 Å². The maximum absolute atomic E-state index is 12.2. The Morgan fingerprint density at radius 2 is 2.18 bits per heavy atom. The Balaban J connectivity index is 1.70. The van der Waals surface area contributed by atoms with Gasteiger partial charge in [0.15, 0.2) is 0 Å². The van der Waals surface area contributed by atoms with Crippen LogP contribution < -0.4 is 5.32 Å². The number of carbonyl (C=O) groups is 1. The molecule has 0 spiro atoms. The number of fused-ring (bicyclic) bond motifs is 1. The van der Waals surface area contributed by atoms with Gasteiger partial charge in [0.2, 0.25) is 0 Å². The summed E-state index contributed by atoms with van der Waals surface area (Å²) in [4.78, 5) is 16.3. The van der Waals surface area contributed by atoms with Gasteiger partial charge in [-0.05, 0) is 57.7 Å². The fourth-order valence-corrected chi connectivity index (χ4v) is 3.76. The highest BCUT2D eigenvalue weighted by Crippen LogP contribution is 2.26. The van der Waals surface area contributed by atoms with E-state index in [4.69, 9.17) is 0 Å². The summed E-state index contributed by atoms with van der Waals surface area (Å²) in [5.74, 6) is -0.0964. The molecule has 0 fully saturated rings. The SMILES string of the molecule is C[C@H](Cc1csc2ccccc12)NC(=O)c1cncc(Br)c1. The van der Waals surface area contributed by atoms with E-state index in [9.17, 15) is 4.79 Å². The summed E-state index contributed by atoms with van der Waals surface area (Å²) in [6.07, 6.45) is 4.06. The number of carbonyl (C=O) groups excluding carboxylic acids is 1. The standard InChI is InChI=1S/C17H15BrN2OS/c1-11(20-17(21)12-7-14(18)9-19-8-12)6-13-10-22-16-5-3-2-4-15(13)16/h2-5,7-11H,6H2,1H3,(H,20,21)/t11-/m1/s1. The molecule has 1 atom stereocenters. The minimum absolute atomic E-state index is 0.0597. The molecule has 0 radical (unpaired) electrons. The molecule has 0 saturated carbocycles. The first-order valence-corrected chi connectivity index (χ1v) is 8.67. The average Bonchev–Trinajstić information content (AvgIpc) is 2.90. The molecule has 0 aliphatic rings. The van der Waals surface area contributed by atoms with E-state index in [0.29, 0.717) is 5.56 Å². The summed E-state index contributed by atoms with van der Waals surface area (Å²) in [7, 11) is 0. The molecule has 0 aliphatic carbocycles. The zero-order chi connectivity index (χ0) is 15.5. The number of hydrogen-bond donors (Lipinski definition) is 1. The molecule has 112 valence electrons. The van der Waals surface area contributed by atoms with Crippen LogP contribution in [0.1, 0.15) is 22.8 Å². The van der Waals surface area contributed by atoms with Gasteiger partial charge in [-0.3, -0.25) is 9.78 Å². The van der Waals surface area contributed by atoms with Crippen LogP contribution in [0.2, 0.25) is 0 Å². The van der Waals surface area contributed by atoms with Crippen LogP contribution in [0.4, 0.5) is 0 Å². The van der Waals surface area contributed by atoms with E-state index >= 15 is 0 Å². The van der Waals surface area contributed by atoms with Gasteiger partial charge in [-0.15, -0.1) is 11.3 Å². The van der Waals surface area contributed by atoms with Crippen molar-refractivity contribution >= 4 is 43.3 Å². The summed E-state index contributed by atoms with van der Waals surface area (Å²) >= 11 is 5.08. The number of aromatic nitrogens is 1. The Labute approximate surface area is 141 Å². The molecule has 1 aromatic carbocycles. The molecule has 3 nitrogen and oxygen atoms in total. The normalized spacial score (nSPS) is 12.3. The van der Waals surface area contributed by atoms with Crippen LogP contribution >= 0.6 is 27.3 Å². The van der Waals surface area contributed by atoms with Gasteiger partial charge < -0.3 is 5.32 Å². The third-order valence-corrected chi connectivity index (χ3v) is 4.88. The van der Waals surface area contributed by atoms with Gasteiger partial charge in [-0.2, -0.15) is 0 Å². The molecule has 0 saturated heterocycles. The van der Waals surface area contributed by atoms with Crippen molar-refractivity contribution in [2.24, 2.45) is 0 Å². The van der Waals surface area contributed by atoms with Crippen molar-refractivity contribution in [1.29, 1.82) is 0 Å². The van der Waals surface area contributed by atoms with E-state index in [1.807, 2.05) is 13.0 Å².